The zero-order valence-electron chi connectivity index (χ0n) is 8.79. The number of amides is 2. The van der Waals surface area contributed by atoms with Gasteiger partial charge in [0, 0.05) is 5.92 Å². The second-order valence-corrected chi connectivity index (χ2v) is 3.32. The lowest BCUT2D eigenvalue weighted by molar-refractivity contribution is -0.126. The first kappa shape index (κ1) is 11.6. The minimum atomic E-state index is -0.628. The molecule has 5 heteroatoms. The molecule has 0 fully saturated rings. The van der Waals surface area contributed by atoms with Crippen LogP contribution in [0.3, 0.4) is 0 Å². The molecule has 0 aliphatic heterocycles. The van der Waals surface area contributed by atoms with Crippen LogP contribution in [0.4, 0.5) is 4.79 Å². The average molecular weight is 212 g/mol. The standard InChI is InChI=1S/C10H16N2O3/c1-2-15-10(14)12-11-9(13)8-6-4-3-5-7-8/h3-4,8H,2,5-7H2,1H3,(H,11,13)(H,12,14)/t8-/m0/s1. The predicted molar refractivity (Wildman–Crippen MR) is 54.8 cm³/mol. The molecule has 0 aromatic carbocycles. The maximum atomic E-state index is 11.5. The van der Waals surface area contributed by atoms with Crippen molar-refractivity contribution in [1.82, 2.24) is 10.9 Å². The number of carbonyl (C=O) groups is 2. The quantitative estimate of drug-likeness (QED) is 0.532. The Hall–Kier alpha value is -1.52. The second kappa shape index (κ2) is 6.06. The highest BCUT2D eigenvalue weighted by atomic mass is 16.5. The summed E-state index contributed by atoms with van der Waals surface area (Å²) in [5.74, 6) is -0.204. The first-order valence-electron chi connectivity index (χ1n) is 5.11. The van der Waals surface area contributed by atoms with E-state index in [1.807, 2.05) is 6.08 Å². The van der Waals surface area contributed by atoms with E-state index in [4.69, 9.17) is 0 Å². The summed E-state index contributed by atoms with van der Waals surface area (Å²) in [5.41, 5.74) is 4.54. The number of rotatable bonds is 2. The monoisotopic (exact) mass is 212 g/mol. The fourth-order valence-corrected chi connectivity index (χ4v) is 1.41. The maximum Gasteiger partial charge on any atom is 0.426 e. The maximum absolute atomic E-state index is 11.5. The molecule has 84 valence electrons. The summed E-state index contributed by atoms with van der Waals surface area (Å²) in [6.07, 6.45) is 5.89. The van der Waals surface area contributed by atoms with E-state index in [-0.39, 0.29) is 18.4 Å². The van der Waals surface area contributed by atoms with Gasteiger partial charge < -0.3 is 4.74 Å². The number of ether oxygens (including phenoxy) is 1. The lowest BCUT2D eigenvalue weighted by atomic mass is 9.94. The van der Waals surface area contributed by atoms with Crippen molar-refractivity contribution in [3.8, 4) is 0 Å². The van der Waals surface area contributed by atoms with Crippen molar-refractivity contribution in [2.75, 3.05) is 6.61 Å². The summed E-state index contributed by atoms with van der Waals surface area (Å²) in [4.78, 5) is 22.4. The number of allylic oxidation sites excluding steroid dienone is 2. The van der Waals surface area contributed by atoms with E-state index in [0.29, 0.717) is 0 Å². The van der Waals surface area contributed by atoms with Gasteiger partial charge in [-0.25, -0.2) is 10.2 Å². The molecular formula is C10H16N2O3. The van der Waals surface area contributed by atoms with Gasteiger partial charge in [-0.3, -0.25) is 10.2 Å². The summed E-state index contributed by atoms with van der Waals surface area (Å²) in [5, 5.41) is 0. The van der Waals surface area contributed by atoms with Gasteiger partial charge in [0.2, 0.25) is 5.91 Å². The molecule has 2 N–H and O–H groups in total. The Kier molecular flexibility index (Phi) is 4.66. The summed E-state index contributed by atoms with van der Waals surface area (Å²) in [7, 11) is 0. The predicted octanol–water partition coefficient (Wildman–Crippen LogP) is 1.12. The Morgan fingerprint density at radius 2 is 2.20 bits per heavy atom. The van der Waals surface area contributed by atoms with Crippen LogP contribution in [0, 0.1) is 5.92 Å². The first-order chi connectivity index (χ1) is 7.24. The summed E-state index contributed by atoms with van der Waals surface area (Å²) < 4.78 is 4.60. The molecule has 0 unspecified atom stereocenters. The van der Waals surface area contributed by atoms with Gasteiger partial charge in [-0.15, -0.1) is 0 Å². The van der Waals surface area contributed by atoms with Crippen LogP contribution in [0.15, 0.2) is 12.2 Å². The lowest BCUT2D eigenvalue weighted by Crippen LogP contribution is -2.44. The van der Waals surface area contributed by atoms with Gasteiger partial charge in [0.05, 0.1) is 6.61 Å². The highest BCUT2D eigenvalue weighted by Crippen LogP contribution is 2.17. The Bertz CT molecular complexity index is 263. The first-order valence-corrected chi connectivity index (χ1v) is 5.11. The van der Waals surface area contributed by atoms with Crippen molar-refractivity contribution in [3.05, 3.63) is 12.2 Å². The Morgan fingerprint density at radius 1 is 1.40 bits per heavy atom. The molecule has 1 rings (SSSR count). The topological polar surface area (TPSA) is 67.4 Å². The summed E-state index contributed by atoms with van der Waals surface area (Å²) in [6.45, 7) is 1.99. The third-order valence-corrected chi connectivity index (χ3v) is 2.20. The molecule has 1 atom stereocenters. The molecule has 0 aromatic heterocycles. The van der Waals surface area contributed by atoms with E-state index in [2.05, 4.69) is 21.7 Å². The molecule has 0 saturated carbocycles. The van der Waals surface area contributed by atoms with Gasteiger partial charge in [0.1, 0.15) is 0 Å². The van der Waals surface area contributed by atoms with Crippen molar-refractivity contribution < 1.29 is 14.3 Å². The highest BCUT2D eigenvalue weighted by molar-refractivity contribution is 5.81. The van der Waals surface area contributed by atoms with Crippen molar-refractivity contribution in [1.29, 1.82) is 0 Å². The summed E-state index contributed by atoms with van der Waals surface area (Å²) >= 11 is 0. The molecule has 15 heavy (non-hydrogen) atoms. The van der Waals surface area contributed by atoms with Crippen LogP contribution < -0.4 is 10.9 Å². The molecule has 0 bridgehead atoms. The lowest BCUT2D eigenvalue weighted by Gasteiger charge is -2.17. The molecule has 5 nitrogen and oxygen atoms in total. The van der Waals surface area contributed by atoms with Crippen LogP contribution in [-0.4, -0.2) is 18.6 Å². The van der Waals surface area contributed by atoms with Crippen molar-refractivity contribution in [3.63, 3.8) is 0 Å². The molecule has 0 radical (unpaired) electrons. The third kappa shape index (κ3) is 4.01. The second-order valence-electron chi connectivity index (χ2n) is 3.32. The molecule has 0 heterocycles. The Balaban J connectivity index is 2.23. The minimum Gasteiger partial charge on any atom is -0.449 e. The number of hydrogen-bond acceptors (Lipinski definition) is 3. The van der Waals surface area contributed by atoms with E-state index in [0.717, 1.165) is 19.3 Å². The van der Waals surface area contributed by atoms with Crippen LogP contribution in [-0.2, 0) is 9.53 Å². The van der Waals surface area contributed by atoms with Gasteiger partial charge in [0.15, 0.2) is 0 Å². The Morgan fingerprint density at radius 3 is 2.80 bits per heavy atom. The molecule has 0 aromatic rings. The molecule has 1 aliphatic rings. The largest absolute Gasteiger partial charge is 0.449 e. The van der Waals surface area contributed by atoms with Crippen LogP contribution >= 0.6 is 0 Å². The number of carbonyl (C=O) groups excluding carboxylic acids is 2. The van der Waals surface area contributed by atoms with E-state index in [1.165, 1.54) is 0 Å². The van der Waals surface area contributed by atoms with Gasteiger partial charge in [0.25, 0.3) is 0 Å². The van der Waals surface area contributed by atoms with E-state index in [9.17, 15) is 9.59 Å². The van der Waals surface area contributed by atoms with Gasteiger partial charge >= 0.3 is 6.09 Å². The normalized spacial score (nSPS) is 19.4. The van der Waals surface area contributed by atoms with Crippen molar-refractivity contribution >= 4 is 12.0 Å². The third-order valence-electron chi connectivity index (χ3n) is 2.20. The summed E-state index contributed by atoms with van der Waals surface area (Å²) in [6, 6.07) is 0. The molecular weight excluding hydrogens is 196 g/mol. The smallest absolute Gasteiger partial charge is 0.426 e. The fourth-order valence-electron chi connectivity index (χ4n) is 1.41. The van der Waals surface area contributed by atoms with E-state index >= 15 is 0 Å². The van der Waals surface area contributed by atoms with Crippen molar-refractivity contribution in [2.24, 2.45) is 5.92 Å². The van der Waals surface area contributed by atoms with Gasteiger partial charge in [-0.1, -0.05) is 12.2 Å². The van der Waals surface area contributed by atoms with Gasteiger partial charge in [-0.05, 0) is 26.2 Å². The van der Waals surface area contributed by atoms with Gasteiger partial charge in [-0.2, -0.15) is 0 Å². The number of hydrogen-bond donors (Lipinski definition) is 2. The Labute approximate surface area is 88.8 Å². The van der Waals surface area contributed by atoms with E-state index in [1.54, 1.807) is 6.92 Å². The fraction of sp³-hybridized carbons (Fsp3) is 0.600. The average Bonchev–Trinajstić information content (AvgIpc) is 2.27. The SMILES string of the molecule is CCOC(=O)NNC(=O)[C@H]1CC=CCC1. The number of hydrazine groups is 1. The van der Waals surface area contributed by atoms with Crippen LogP contribution in [0.2, 0.25) is 0 Å². The zero-order valence-corrected chi connectivity index (χ0v) is 8.79. The number of nitrogens with one attached hydrogen (secondary N) is 2. The minimum absolute atomic E-state index is 0.0445. The van der Waals surface area contributed by atoms with Crippen molar-refractivity contribution in [2.45, 2.75) is 26.2 Å². The van der Waals surface area contributed by atoms with Crippen LogP contribution in [0.5, 0.6) is 0 Å². The molecule has 0 spiro atoms. The van der Waals surface area contributed by atoms with Crippen LogP contribution in [0.1, 0.15) is 26.2 Å². The molecule has 2 amide bonds. The highest BCUT2D eigenvalue weighted by Gasteiger charge is 2.18. The molecule has 1 aliphatic carbocycles. The van der Waals surface area contributed by atoms with E-state index < -0.39 is 6.09 Å². The molecule has 0 saturated heterocycles. The zero-order chi connectivity index (χ0) is 11.1. The van der Waals surface area contributed by atoms with Crippen LogP contribution in [0.25, 0.3) is 0 Å².